The van der Waals surface area contributed by atoms with Gasteiger partial charge in [0, 0.05) is 4.90 Å². The van der Waals surface area contributed by atoms with Gasteiger partial charge >= 0.3 is 5.97 Å². The Balaban J connectivity index is 1.85. The fourth-order valence-electron chi connectivity index (χ4n) is 1.91. The van der Waals surface area contributed by atoms with Crippen molar-refractivity contribution in [2.75, 3.05) is 5.75 Å². The van der Waals surface area contributed by atoms with Crippen molar-refractivity contribution in [2.45, 2.75) is 29.7 Å². The van der Waals surface area contributed by atoms with Crippen LogP contribution in [0.1, 0.15) is 19.3 Å². The summed E-state index contributed by atoms with van der Waals surface area (Å²) in [6, 6.07) is 5.82. The van der Waals surface area contributed by atoms with Gasteiger partial charge in [-0.1, -0.05) is 0 Å². The first-order valence-corrected chi connectivity index (χ1v) is 6.93. The molecule has 19 heavy (non-hydrogen) atoms. The number of rotatable bonds is 5. The molecule has 2 N–H and O–H groups in total. The Hall–Kier alpha value is -1.56. The van der Waals surface area contributed by atoms with E-state index in [4.69, 9.17) is 5.11 Å². The predicted octanol–water partition coefficient (Wildman–Crippen LogP) is 2.04. The smallest absolute Gasteiger partial charge is 0.329 e. The van der Waals surface area contributed by atoms with Gasteiger partial charge in [0.2, 0.25) is 5.91 Å². The van der Waals surface area contributed by atoms with E-state index in [0.717, 1.165) is 11.3 Å². The van der Waals surface area contributed by atoms with E-state index in [1.807, 2.05) is 0 Å². The van der Waals surface area contributed by atoms with Crippen LogP contribution >= 0.6 is 11.8 Å². The molecule has 1 amide bonds. The molecule has 2 rings (SSSR count). The molecule has 1 aliphatic carbocycles. The van der Waals surface area contributed by atoms with Crippen LogP contribution in [-0.2, 0) is 9.59 Å². The Bertz CT molecular complexity index is 485. The van der Waals surface area contributed by atoms with Crippen LogP contribution in [0, 0.1) is 5.82 Å². The molecule has 0 atom stereocenters. The molecule has 0 radical (unpaired) electrons. The average molecular weight is 283 g/mol. The minimum atomic E-state index is -1.07. The van der Waals surface area contributed by atoms with Gasteiger partial charge in [-0.15, -0.1) is 11.8 Å². The second-order valence-electron chi connectivity index (χ2n) is 4.53. The first kappa shape index (κ1) is 13.9. The first-order valence-electron chi connectivity index (χ1n) is 5.95. The molecule has 0 aromatic heterocycles. The van der Waals surface area contributed by atoms with Crippen LogP contribution in [0.5, 0.6) is 0 Å². The van der Waals surface area contributed by atoms with Crippen molar-refractivity contribution in [3.63, 3.8) is 0 Å². The van der Waals surface area contributed by atoms with Gasteiger partial charge < -0.3 is 10.4 Å². The molecule has 1 fully saturated rings. The van der Waals surface area contributed by atoms with E-state index in [9.17, 15) is 14.0 Å². The normalized spacial score (nSPS) is 16.5. The fourth-order valence-corrected chi connectivity index (χ4v) is 2.60. The maximum absolute atomic E-state index is 12.7. The highest BCUT2D eigenvalue weighted by atomic mass is 32.2. The highest BCUT2D eigenvalue weighted by Gasteiger charge is 2.45. The fraction of sp³-hybridized carbons (Fsp3) is 0.385. The number of hydrogen-bond acceptors (Lipinski definition) is 3. The number of thioether (sulfide) groups is 1. The van der Waals surface area contributed by atoms with Gasteiger partial charge in [0.1, 0.15) is 11.4 Å². The lowest BCUT2D eigenvalue weighted by Gasteiger charge is -2.38. The first-order chi connectivity index (χ1) is 9.02. The molecule has 0 bridgehead atoms. The van der Waals surface area contributed by atoms with Crippen LogP contribution in [0.3, 0.4) is 0 Å². The highest BCUT2D eigenvalue weighted by Crippen LogP contribution is 2.32. The zero-order valence-electron chi connectivity index (χ0n) is 10.2. The maximum atomic E-state index is 12.7. The van der Waals surface area contributed by atoms with Gasteiger partial charge in [-0.2, -0.15) is 0 Å². The Morgan fingerprint density at radius 1 is 1.32 bits per heavy atom. The van der Waals surface area contributed by atoms with Gasteiger partial charge in [-0.05, 0) is 43.5 Å². The third kappa shape index (κ3) is 3.26. The summed E-state index contributed by atoms with van der Waals surface area (Å²) in [4.78, 5) is 23.6. The van der Waals surface area contributed by atoms with Gasteiger partial charge in [0.05, 0.1) is 5.75 Å². The molecule has 1 aliphatic rings. The van der Waals surface area contributed by atoms with E-state index in [1.165, 1.54) is 23.9 Å². The number of aliphatic carboxylic acids is 1. The lowest BCUT2D eigenvalue weighted by Crippen LogP contribution is -2.59. The Kier molecular flexibility index (Phi) is 4.09. The van der Waals surface area contributed by atoms with Gasteiger partial charge in [-0.3, -0.25) is 4.79 Å². The van der Waals surface area contributed by atoms with Crippen LogP contribution in [0.15, 0.2) is 29.2 Å². The van der Waals surface area contributed by atoms with Crippen molar-refractivity contribution in [3.05, 3.63) is 30.1 Å². The maximum Gasteiger partial charge on any atom is 0.329 e. The summed E-state index contributed by atoms with van der Waals surface area (Å²) in [6.45, 7) is 0. The van der Waals surface area contributed by atoms with Crippen molar-refractivity contribution < 1.29 is 19.1 Å². The minimum absolute atomic E-state index is 0.126. The zero-order chi connectivity index (χ0) is 13.9. The van der Waals surface area contributed by atoms with Crippen LogP contribution in [0.25, 0.3) is 0 Å². The van der Waals surface area contributed by atoms with Gasteiger partial charge in [0.15, 0.2) is 0 Å². The van der Waals surface area contributed by atoms with E-state index in [2.05, 4.69) is 5.32 Å². The predicted molar refractivity (Wildman–Crippen MR) is 69.5 cm³/mol. The van der Waals surface area contributed by atoms with Crippen LogP contribution < -0.4 is 5.32 Å². The number of amides is 1. The number of carboxylic acid groups (broad SMARTS) is 1. The van der Waals surface area contributed by atoms with Crippen molar-refractivity contribution in [2.24, 2.45) is 0 Å². The van der Waals surface area contributed by atoms with Crippen molar-refractivity contribution in [1.29, 1.82) is 0 Å². The number of benzene rings is 1. The molecule has 1 aromatic carbocycles. The number of carbonyl (C=O) groups is 2. The van der Waals surface area contributed by atoms with Crippen molar-refractivity contribution in [3.8, 4) is 0 Å². The van der Waals surface area contributed by atoms with Crippen molar-refractivity contribution in [1.82, 2.24) is 5.32 Å². The SMILES string of the molecule is O=C(CSc1ccc(F)cc1)NC1(C(=O)O)CCC1. The summed E-state index contributed by atoms with van der Waals surface area (Å²) >= 11 is 1.25. The van der Waals surface area contributed by atoms with E-state index >= 15 is 0 Å². The van der Waals surface area contributed by atoms with Crippen LogP contribution in [0.4, 0.5) is 4.39 Å². The van der Waals surface area contributed by atoms with Crippen molar-refractivity contribution >= 4 is 23.6 Å². The highest BCUT2D eigenvalue weighted by molar-refractivity contribution is 8.00. The summed E-state index contributed by atoms with van der Waals surface area (Å²) in [6.07, 6.45) is 1.78. The quantitative estimate of drug-likeness (QED) is 0.812. The van der Waals surface area contributed by atoms with Gasteiger partial charge in [-0.25, -0.2) is 9.18 Å². The largest absolute Gasteiger partial charge is 0.480 e. The monoisotopic (exact) mass is 283 g/mol. The summed E-state index contributed by atoms with van der Waals surface area (Å²) in [7, 11) is 0. The summed E-state index contributed by atoms with van der Waals surface area (Å²) < 4.78 is 12.7. The molecule has 102 valence electrons. The molecular formula is C13H14FNO3S. The lowest BCUT2D eigenvalue weighted by molar-refractivity contribution is -0.151. The standard InChI is InChI=1S/C13H14FNO3S/c14-9-2-4-10(5-3-9)19-8-11(16)15-13(12(17)18)6-1-7-13/h2-5H,1,6-8H2,(H,15,16)(H,17,18). The molecule has 0 spiro atoms. The lowest BCUT2D eigenvalue weighted by atomic mass is 9.77. The summed E-state index contributed by atoms with van der Waals surface area (Å²) in [5.41, 5.74) is -1.07. The topological polar surface area (TPSA) is 66.4 Å². The molecule has 1 saturated carbocycles. The second kappa shape index (κ2) is 5.61. The molecule has 4 nitrogen and oxygen atoms in total. The molecule has 0 unspecified atom stereocenters. The van der Waals surface area contributed by atoms with E-state index in [0.29, 0.717) is 12.8 Å². The number of carboxylic acids is 1. The third-order valence-corrected chi connectivity index (χ3v) is 4.19. The molecule has 0 heterocycles. The molecule has 0 aliphatic heterocycles. The van der Waals surface area contributed by atoms with Crippen LogP contribution in [-0.4, -0.2) is 28.3 Å². The molecular weight excluding hydrogens is 269 g/mol. The molecule has 0 saturated heterocycles. The second-order valence-corrected chi connectivity index (χ2v) is 5.58. The number of nitrogens with one attached hydrogen (secondary N) is 1. The minimum Gasteiger partial charge on any atom is -0.480 e. The van der Waals surface area contributed by atoms with E-state index < -0.39 is 11.5 Å². The average Bonchev–Trinajstić information content (AvgIpc) is 2.32. The third-order valence-electron chi connectivity index (χ3n) is 3.18. The molecule has 1 aromatic rings. The summed E-state index contributed by atoms with van der Waals surface area (Å²) in [5, 5.41) is 11.7. The van der Waals surface area contributed by atoms with Gasteiger partial charge in [0.25, 0.3) is 0 Å². The van der Waals surface area contributed by atoms with Crippen LogP contribution in [0.2, 0.25) is 0 Å². The number of halogens is 1. The number of carbonyl (C=O) groups excluding carboxylic acids is 1. The zero-order valence-corrected chi connectivity index (χ0v) is 11.0. The van der Waals surface area contributed by atoms with E-state index in [1.54, 1.807) is 12.1 Å². The Labute approximate surface area is 114 Å². The Morgan fingerprint density at radius 2 is 1.95 bits per heavy atom. The Morgan fingerprint density at radius 3 is 2.42 bits per heavy atom. The molecule has 6 heteroatoms. The number of hydrogen-bond donors (Lipinski definition) is 2. The van der Waals surface area contributed by atoms with E-state index in [-0.39, 0.29) is 17.5 Å². The summed E-state index contributed by atoms with van der Waals surface area (Å²) in [5.74, 6) is -1.48.